The molecule has 7 heteroatoms. The van der Waals surface area contributed by atoms with Crippen LogP contribution in [0, 0.1) is 5.82 Å². The van der Waals surface area contributed by atoms with E-state index < -0.39 is 6.23 Å². The average Bonchev–Trinajstić information content (AvgIpc) is 3.30. The van der Waals surface area contributed by atoms with Gasteiger partial charge in [-0.2, -0.15) is 0 Å². The smallest absolute Gasteiger partial charge is 0.223 e. The van der Waals surface area contributed by atoms with Gasteiger partial charge in [-0.05, 0) is 42.0 Å². The van der Waals surface area contributed by atoms with Crippen LogP contribution in [-0.2, 0) is 6.54 Å². The van der Waals surface area contributed by atoms with Crippen LogP contribution in [0.4, 0.5) is 10.3 Å². The van der Waals surface area contributed by atoms with Gasteiger partial charge < -0.3 is 10.4 Å². The summed E-state index contributed by atoms with van der Waals surface area (Å²) in [7, 11) is 0. The van der Waals surface area contributed by atoms with Crippen molar-refractivity contribution in [2.45, 2.75) is 25.6 Å². The first-order valence-corrected chi connectivity index (χ1v) is 9.24. The predicted molar refractivity (Wildman–Crippen MR) is 96.9 cm³/mol. The van der Waals surface area contributed by atoms with Crippen LogP contribution in [0.2, 0.25) is 0 Å². The topological polar surface area (TPSA) is 61.3 Å². The molecule has 0 aliphatic carbocycles. The summed E-state index contributed by atoms with van der Waals surface area (Å²) < 4.78 is 14.2. The molecule has 1 aromatic carbocycles. The van der Waals surface area contributed by atoms with Gasteiger partial charge in [0.25, 0.3) is 0 Å². The number of aromatic nitrogens is 2. The minimum atomic E-state index is -0.721. The SMILES string of the molecule is OC(c1nc(NCc2cccc(F)c2)nc2ccsc12)N1CCCC1. The lowest BCUT2D eigenvalue weighted by Gasteiger charge is -2.22. The highest BCUT2D eigenvalue weighted by atomic mass is 32.1. The van der Waals surface area contributed by atoms with Gasteiger partial charge in [0.05, 0.1) is 10.2 Å². The van der Waals surface area contributed by atoms with Gasteiger partial charge in [-0.1, -0.05) is 12.1 Å². The number of nitrogens with one attached hydrogen (secondary N) is 1. The summed E-state index contributed by atoms with van der Waals surface area (Å²) in [6.45, 7) is 2.18. The van der Waals surface area contributed by atoms with E-state index in [1.807, 2.05) is 22.4 Å². The minimum Gasteiger partial charge on any atom is -0.372 e. The molecule has 3 aromatic rings. The molecule has 3 heterocycles. The van der Waals surface area contributed by atoms with Crippen molar-refractivity contribution in [2.75, 3.05) is 18.4 Å². The molecule has 25 heavy (non-hydrogen) atoms. The monoisotopic (exact) mass is 358 g/mol. The van der Waals surface area contributed by atoms with Crippen molar-refractivity contribution < 1.29 is 9.50 Å². The molecule has 5 nitrogen and oxygen atoms in total. The first-order chi connectivity index (χ1) is 12.2. The van der Waals surface area contributed by atoms with Gasteiger partial charge in [-0.25, -0.2) is 14.4 Å². The molecule has 130 valence electrons. The van der Waals surface area contributed by atoms with E-state index in [0.29, 0.717) is 18.2 Å². The second-order valence-electron chi connectivity index (χ2n) is 6.17. The lowest BCUT2D eigenvalue weighted by Crippen LogP contribution is -2.26. The number of rotatable bonds is 5. The highest BCUT2D eigenvalue weighted by Gasteiger charge is 2.25. The van der Waals surface area contributed by atoms with Crippen molar-refractivity contribution in [3.05, 3.63) is 52.8 Å². The molecule has 0 amide bonds. The molecule has 0 bridgehead atoms. The van der Waals surface area contributed by atoms with Gasteiger partial charge in [0, 0.05) is 19.6 Å². The van der Waals surface area contributed by atoms with Crippen molar-refractivity contribution in [3.8, 4) is 0 Å². The van der Waals surface area contributed by atoms with E-state index in [-0.39, 0.29) is 5.82 Å². The number of anilines is 1. The maximum atomic E-state index is 13.3. The Morgan fingerprint density at radius 3 is 2.88 bits per heavy atom. The van der Waals surface area contributed by atoms with Crippen molar-refractivity contribution in [2.24, 2.45) is 0 Å². The number of aliphatic hydroxyl groups excluding tert-OH is 1. The van der Waals surface area contributed by atoms with Gasteiger partial charge in [0.1, 0.15) is 11.5 Å². The Morgan fingerprint density at radius 1 is 1.24 bits per heavy atom. The van der Waals surface area contributed by atoms with Crippen LogP contribution in [0.1, 0.15) is 30.3 Å². The van der Waals surface area contributed by atoms with E-state index in [1.165, 1.54) is 23.5 Å². The molecule has 4 rings (SSSR count). The fraction of sp³-hybridized carbons (Fsp3) is 0.333. The zero-order chi connectivity index (χ0) is 17.2. The standard InChI is InChI=1S/C18H19FN4OS/c19-13-5-3-4-12(10-13)11-20-18-21-14-6-9-25-16(14)15(22-18)17(24)23-7-1-2-8-23/h3-6,9-10,17,24H,1-2,7-8,11H2,(H,20,21,22). The Balaban J connectivity index is 1.61. The third-order valence-electron chi connectivity index (χ3n) is 4.40. The molecule has 1 aliphatic rings. The minimum absolute atomic E-state index is 0.265. The lowest BCUT2D eigenvalue weighted by molar-refractivity contribution is 0.0170. The fourth-order valence-corrected chi connectivity index (χ4v) is 3.97. The number of benzene rings is 1. The fourth-order valence-electron chi connectivity index (χ4n) is 3.13. The molecular formula is C18H19FN4OS. The van der Waals surface area contributed by atoms with E-state index in [2.05, 4.69) is 15.3 Å². The predicted octanol–water partition coefficient (Wildman–Crippen LogP) is 3.53. The maximum absolute atomic E-state index is 13.3. The van der Waals surface area contributed by atoms with Crippen LogP contribution in [0.15, 0.2) is 35.7 Å². The van der Waals surface area contributed by atoms with Crippen molar-refractivity contribution in [1.29, 1.82) is 0 Å². The largest absolute Gasteiger partial charge is 0.372 e. The van der Waals surface area contributed by atoms with Crippen molar-refractivity contribution in [1.82, 2.24) is 14.9 Å². The Bertz CT molecular complexity index is 878. The normalized spacial score (nSPS) is 16.4. The number of aliphatic hydroxyl groups is 1. The first kappa shape index (κ1) is 16.4. The zero-order valence-corrected chi connectivity index (χ0v) is 14.5. The number of thiophene rings is 1. The molecule has 1 fully saturated rings. The number of fused-ring (bicyclic) bond motifs is 1. The molecule has 1 saturated heterocycles. The number of likely N-dealkylation sites (tertiary alicyclic amines) is 1. The Hall–Kier alpha value is -2.09. The summed E-state index contributed by atoms with van der Waals surface area (Å²) in [5.41, 5.74) is 2.27. The van der Waals surface area contributed by atoms with E-state index in [0.717, 1.165) is 41.7 Å². The number of hydrogen-bond acceptors (Lipinski definition) is 6. The highest BCUT2D eigenvalue weighted by molar-refractivity contribution is 7.17. The second kappa shape index (κ2) is 7.03. The van der Waals surface area contributed by atoms with Crippen LogP contribution in [0.3, 0.4) is 0 Å². The molecule has 1 aliphatic heterocycles. The Kier molecular flexibility index (Phi) is 4.61. The first-order valence-electron chi connectivity index (χ1n) is 8.36. The van der Waals surface area contributed by atoms with E-state index in [1.54, 1.807) is 6.07 Å². The van der Waals surface area contributed by atoms with Gasteiger partial charge >= 0.3 is 0 Å². The van der Waals surface area contributed by atoms with Gasteiger partial charge in [0.2, 0.25) is 5.95 Å². The van der Waals surface area contributed by atoms with Gasteiger partial charge in [-0.15, -0.1) is 11.3 Å². The van der Waals surface area contributed by atoms with E-state index >= 15 is 0 Å². The summed E-state index contributed by atoms with van der Waals surface area (Å²) in [4.78, 5) is 11.1. The second-order valence-corrected chi connectivity index (χ2v) is 7.08. The molecular weight excluding hydrogens is 339 g/mol. The zero-order valence-electron chi connectivity index (χ0n) is 13.7. The average molecular weight is 358 g/mol. The van der Waals surface area contributed by atoms with Crippen LogP contribution in [0.25, 0.3) is 10.2 Å². The number of hydrogen-bond donors (Lipinski definition) is 2. The lowest BCUT2D eigenvalue weighted by atomic mass is 10.2. The van der Waals surface area contributed by atoms with Crippen LogP contribution in [-0.4, -0.2) is 33.1 Å². The quantitative estimate of drug-likeness (QED) is 0.731. The highest BCUT2D eigenvalue weighted by Crippen LogP contribution is 2.31. The molecule has 2 N–H and O–H groups in total. The molecule has 0 radical (unpaired) electrons. The summed E-state index contributed by atoms with van der Waals surface area (Å²) >= 11 is 1.54. The maximum Gasteiger partial charge on any atom is 0.223 e. The van der Waals surface area contributed by atoms with Crippen molar-refractivity contribution in [3.63, 3.8) is 0 Å². The molecule has 2 aromatic heterocycles. The summed E-state index contributed by atoms with van der Waals surface area (Å²) in [6, 6.07) is 8.35. The summed E-state index contributed by atoms with van der Waals surface area (Å²) in [5, 5.41) is 15.8. The third kappa shape index (κ3) is 3.49. The molecule has 0 spiro atoms. The van der Waals surface area contributed by atoms with Gasteiger partial charge in [-0.3, -0.25) is 4.90 Å². The molecule has 0 saturated carbocycles. The summed E-state index contributed by atoms with van der Waals surface area (Å²) in [5.74, 6) is 0.182. The van der Waals surface area contributed by atoms with Gasteiger partial charge in [0.15, 0.2) is 6.23 Å². The summed E-state index contributed by atoms with van der Waals surface area (Å²) in [6.07, 6.45) is 1.47. The van der Waals surface area contributed by atoms with E-state index in [9.17, 15) is 9.50 Å². The van der Waals surface area contributed by atoms with Crippen LogP contribution in [0.5, 0.6) is 0 Å². The Morgan fingerprint density at radius 2 is 2.08 bits per heavy atom. The number of halogens is 1. The van der Waals surface area contributed by atoms with Crippen molar-refractivity contribution >= 4 is 27.5 Å². The van der Waals surface area contributed by atoms with Crippen LogP contribution < -0.4 is 5.32 Å². The molecule has 1 atom stereocenters. The number of nitrogens with zero attached hydrogens (tertiary/aromatic N) is 3. The van der Waals surface area contributed by atoms with Crippen LogP contribution >= 0.6 is 11.3 Å². The Labute approximate surface area is 149 Å². The third-order valence-corrected chi connectivity index (χ3v) is 5.33. The van der Waals surface area contributed by atoms with E-state index in [4.69, 9.17) is 0 Å². The molecule has 1 unspecified atom stereocenters.